The molecule has 2 nitrogen and oxygen atoms in total. The zero-order valence-corrected chi connectivity index (χ0v) is 10.6. The van der Waals surface area contributed by atoms with E-state index in [1.54, 1.807) is 12.1 Å². The Bertz CT molecular complexity index is 350. The van der Waals surface area contributed by atoms with Gasteiger partial charge in [-0.2, -0.15) is 0 Å². The number of rotatable bonds is 1. The van der Waals surface area contributed by atoms with Crippen molar-refractivity contribution in [3.05, 3.63) is 30.1 Å². The Morgan fingerprint density at radius 2 is 1.94 bits per heavy atom. The number of benzene rings is 1. The molecule has 1 N–H and O–H groups in total. The van der Waals surface area contributed by atoms with Crippen molar-refractivity contribution in [1.29, 1.82) is 0 Å². The third kappa shape index (κ3) is 3.43. The van der Waals surface area contributed by atoms with Gasteiger partial charge in [-0.25, -0.2) is 4.39 Å². The molecule has 1 heterocycles. The van der Waals surface area contributed by atoms with E-state index in [4.69, 9.17) is 0 Å². The minimum atomic E-state index is -0.163. The summed E-state index contributed by atoms with van der Waals surface area (Å²) in [5, 5.41) is 3.53. The molecule has 2 unspecified atom stereocenters. The predicted octanol–water partition coefficient (Wildman–Crippen LogP) is 2.65. The van der Waals surface area contributed by atoms with Crippen molar-refractivity contribution < 1.29 is 4.39 Å². The van der Waals surface area contributed by atoms with Gasteiger partial charge in [-0.15, -0.1) is 0 Å². The third-order valence-corrected chi connectivity index (χ3v) is 3.37. The molecule has 3 heteroatoms. The van der Waals surface area contributed by atoms with Gasteiger partial charge < -0.3 is 10.2 Å². The summed E-state index contributed by atoms with van der Waals surface area (Å²) >= 11 is 0. The molecule has 0 radical (unpaired) electrons. The summed E-state index contributed by atoms with van der Waals surface area (Å²) in [4.78, 5) is 2.36. The molecule has 94 valence electrons. The average molecular weight is 236 g/mol. The molecule has 0 aromatic heterocycles. The molecule has 1 aliphatic rings. The molecule has 0 aliphatic carbocycles. The van der Waals surface area contributed by atoms with Crippen LogP contribution in [0.15, 0.2) is 24.3 Å². The van der Waals surface area contributed by atoms with Gasteiger partial charge in [0.15, 0.2) is 0 Å². The second kappa shape index (κ2) is 5.50. The fraction of sp³-hybridized carbons (Fsp3) is 0.571. The highest BCUT2D eigenvalue weighted by atomic mass is 19.1. The van der Waals surface area contributed by atoms with E-state index in [2.05, 4.69) is 24.1 Å². The molecule has 2 atom stereocenters. The number of hydrogen-bond acceptors (Lipinski definition) is 2. The first-order valence-corrected chi connectivity index (χ1v) is 6.39. The summed E-state index contributed by atoms with van der Waals surface area (Å²) in [5.41, 5.74) is 1.13. The lowest BCUT2D eigenvalue weighted by Gasteiger charge is -2.32. The Labute approximate surface area is 103 Å². The maximum absolute atomic E-state index is 12.9. The summed E-state index contributed by atoms with van der Waals surface area (Å²) in [6.07, 6.45) is 1.13. The van der Waals surface area contributed by atoms with Crippen LogP contribution in [0.5, 0.6) is 0 Å². The summed E-state index contributed by atoms with van der Waals surface area (Å²) in [7, 11) is 0. The van der Waals surface area contributed by atoms with Crippen molar-refractivity contribution >= 4 is 5.69 Å². The lowest BCUT2D eigenvalue weighted by molar-refractivity contribution is 0.411. The Kier molecular flexibility index (Phi) is 4.00. The van der Waals surface area contributed by atoms with Crippen molar-refractivity contribution in [1.82, 2.24) is 5.32 Å². The Morgan fingerprint density at radius 1 is 1.24 bits per heavy atom. The summed E-state index contributed by atoms with van der Waals surface area (Å²) in [5.74, 6) is 0.451. The summed E-state index contributed by atoms with van der Waals surface area (Å²) in [6.45, 7) is 7.59. The largest absolute Gasteiger partial charge is 0.371 e. The van der Waals surface area contributed by atoms with Crippen LogP contribution in [0.25, 0.3) is 0 Å². The van der Waals surface area contributed by atoms with Gasteiger partial charge in [-0.05, 0) is 50.1 Å². The molecule has 1 aromatic rings. The van der Waals surface area contributed by atoms with Gasteiger partial charge in [0.1, 0.15) is 5.82 Å². The quantitative estimate of drug-likeness (QED) is 0.806. The van der Waals surface area contributed by atoms with E-state index < -0.39 is 0 Å². The van der Waals surface area contributed by atoms with Gasteiger partial charge in [0.05, 0.1) is 0 Å². The van der Waals surface area contributed by atoms with Crippen LogP contribution in [0, 0.1) is 11.7 Å². The van der Waals surface area contributed by atoms with Gasteiger partial charge in [-0.3, -0.25) is 0 Å². The fourth-order valence-corrected chi connectivity index (χ4v) is 2.27. The van der Waals surface area contributed by atoms with Crippen LogP contribution >= 0.6 is 0 Å². The van der Waals surface area contributed by atoms with Gasteiger partial charge in [0, 0.05) is 24.8 Å². The normalized spacial score (nSPS) is 26.4. The van der Waals surface area contributed by atoms with E-state index in [0.29, 0.717) is 12.0 Å². The average Bonchev–Trinajstić information content (AvgIpc) is 2.31. The Morgan fingerprint density at radius 3 is 2.65 bits per heavy atom. The van der Waals surface area contributed by atoms with E-state index in [9.17, 15) is 4.39 Å². The molecule has 0 bridgehead atoms. The van der Waals surface area contributed by atoms with Gasteiger partial charge in [-0.1, -0.05) is 6.92 Å². The molecular weight excluding hydrogens is 215 g/mol. The number of halogens is 1. The number of anilines is 1. The van der Waals surface area contributed by atoms with Crippen LogP contribution < -0.4 is 10.2 Å². The Hall–Kier alpha value is -1.09. The first-order chi connectivity index (χ1) is 8.15. The molecule has 0 saturated carbocycles. The maximum atomic E-state index is 12.9. The van der Waals surface area contributed by atoms with Gasteiger partial charge in [0.2, 0.25) is 0 Å². The second-order valence-corrected chi connectivity index (χ2v) is 5.13. The smallest absolute Gasteiger partial charge is 0.123 e. The first-order valence-electron chi connectivity index (χ1n) is 6.39. The van der Waals surface area contributed by atoms with Crippen LogP contribution in [0.2, 0.25) is 0 Å². The van der Waals surface area contributed by atoms with E-state index in [0.717, 1.165) is 31.7 Å². The molecule has 17 heavy (non-hydrogen) atoms. The van der Waals surface area contributed by atoms with Crippen molar-refractivity contribution in [3.63, 3.8) is 0 Å². The minimum Gasteiger partial charge on any atom is -0.371 e. The number of nitrogens with one attached hydrogen (secondary N) is 1. The van der Waals surface area contributed by atoms with Crippen LogP contribution in [0.4, 0.5) is 10.1 Å². The van der Waals surface area contributed by atoms with Gasteiger partial charge >= 0.3 is 0 Å². The van der Waals surface area contributed by atoms with Crippen molar-refractivity contribution in [2.45, 2.75) is 26.3 Å². The molecule has 2 rings (SSSR count). The standard InChI is InChI=1S/C14H21FN2/c1-11-9-16-12(2)7-8-17(10-11)14-5-3-13(15)4-6-14/h3-6,11-12,16H,7-10H2,1-2H3. The molecule has 0 amide bonds. The zero-order valence-electron chi connectivity index (χ0n) is 10.6. The van der Waals surface area contributed by atoms with E-state index >= 15 is 0 Å². The maximum Gasteiger partial charge on any atom is 0.123 e. The molecule has 1 aromatic carbocycles. The fourth-order valence-electron chi connectivity index (χ4n) is 2.27. The zero-order chi connectivity index (χ0) is 12.3. The van der Waals surface area contributed by atoms with E-state index in [1.807, 2.05) is 12.1 Å². The number of hydrogen-bond donors (Lipinski definition) is 1. The topological polar surface area (TPSA) is 15.3 Å². The van der Waals surface area contributed by atoms with Crippen LogP contribution in [0.3, 0.4) is 0 Å². The molecule has 1 fully saturated rings. The number of nitrogens with zero attached hydrogens (tertiary/aromatic N) is 1. The summed E-state index contributed by atoms with van der Waals surface area (Å²) < 4.78 is 12.9. The SMILES string of the molecule is CC1CNC(C)CCN(c2ccc(F)cc2)C1. The van der Waals surface area contributed by atoms with Crippen LogP contribution in [-0.2, 0) is 0 Å². The van der Waals surface area contributed by atoms with Crippen molar-refractivity contribution in [2.75, 3.05) is 24.5 Å². The highest BCUT2D eigenvalue weighted by Crippen LogP contribution is 2.18. The van der Waals surface area contributed by atoms with Crippen LogP contribution in [-0.4, -0.2) is 25.7 Å². The monoisotopic (exact) mass is 236 g/mol. The molecule has 1 aliphatic heterocycles. The predicted molar refractivity (Wildman–Crippen MR) is 69.9 cm³/mol. The van der Waals surface area contributed by atoms with Gasteiger partial charge in [0.25, 0.3) is 0 Å². The minimum absolute atomic E-state index is 0.163. The second-order valence-electron chi connectivity index (χ2n) is 5.13. The highest BCUT2D eigenvalue weighted by Gasteiger charge is 2.16. The molecular formula is C14H21FN2. The molecule has 1 saturated heterocycles. The van der Waals surface area contributed by atoms with E-state index in [1.165, 1.54) is 0 Å². The lowest BCUT2D eigenvalue weighted by atomic mass is 10.1. The van der Waals surface area contributed by atoms with Crippen LogP contribution in [0.1, 0.15) is 20.3 Å². The lowest BCUT2D eigenvalue weighted by Crippen LogP contribution is -2.42. The van der Waals surface area contributed by atoms with Crippen molar-refractivity contribution in [2.24, 2.45) is 5.92 Å². The summed E-state index contributed by atoms with van der Waals surface area (Å²) in [6, 6.07) is 7.39. The Balaban J connectivity index is 2.09. The third-order valence-electron chi connectivity index (χ3n) is 3.37. The van der Waals surface area contributed by atoms with E-state index in [-0.39, 0.29) is 5.82 Å². The first kappa shape index (κ1) is 12.4. The molecule has 0 spiro atoms. The van der Waals surface area contributed by atoms with Crippen molar-refractivity contribution in [3.8, 4) is 0 Å². The highest BCUT2D eigenvalue weighted by molar-refractivity contribution is 5.46.